The molecule has 2 aromatic carbocycles. The lowest BCUT2D eigenvalue weighted by molar-refractivity contribution is -0.126. The number of likely N-dealkylation sites (tertiary alicyclic amines) is 1. The van der Waals surface area contributed by atoms with Crippen LogP contribution in [0, 0.1) is 35.5 Å². The molecule has 1 unspecified atom stereocenters. The molecule has 2 heterocycles. The van der Waals surface area contributed by atoms with Gasteiger partial charge in [0.25, 0.3) is 0 Å². The predicted molar refractivity (Wildman–Crippen MR) is 368 cm³/mol. The maximum absolute atomic E-state index is 11.6. The van der Waals surface area contributed by atoms with Gasteiger partial charge in [-0.15, -0.1) is 0 Å². The first-order valence-corrected chi connectivity index (χ1v) is 32.5. The number of carbonyl (C=O) groups is 1. The summed E-state index contributed by atoms with van der Waals surface area (Å²) in [5.41, 5.74) is 9.40. The van der Waals surface area contributed by atoms with E-state index >= 15 is 0 Å². The number of rotatable bonds is 21. The molecule has 6 rings (SSSR count). The van der Waals surface area contributed by atoms with Crippen LogP contribution in [0.1, 0.15) is 206 Å². The SMILES string of the molecule is C=C(Cc1ccccc1)NC(C)C.C=C(NC(C)C)C(C)C.C=C(NC(C)C)C1CCC(C)CC1.C=C(NC(C)C)C1CCCC1.C=C(NC(C)C)C1CCCNC1.C=C(NC(C)C)c1ccccc1.CC(C)NC(=O)C1CCN(C)CC1. The molecular formula is C73H131N9O. The fraction of sp³-hybridized carbons (Fsp3) is 0.658. The van der Waals surface area contributed by atoms with Crippen molar-refractivity contribution in [1.82, 2.24) is 47.4 Å². The molecule has 2 aliphatic carbocycles. The highest BCUT2D eigenvalue weighted by molar-refractivity contribution is 5.79. The molecule has 2 aliphatic heterocycles. The van der Waals surface area contributed by atoms with E-state index in [-0.39, 0.29) is 17.9 Å². The van der Waals surface area contributed by atoms with Crippen molar-refractivity contribution in [2.45, 2.75) is 243 Å². The van der Waals surface area contributed by atoms with Crippen LogP contribution in [0.3, 0.4) is 0 Å². The van der Waals surface area contributed by atoms with E-state index in [9.17, 15) is 4.79 Å². The quantitative estimate of drug-likeness (QED) is 0.0619. The number of benzene rings is 2. The van der Waals surface area contributed by atoms with Crippen molar-refractivity contribution in [1.29, 1.82) is 0 Å². The van der Waals surface area contributed by atoms with Crippen LogP contribution in [0.2, 0.25) is 0 Å². The normalized spacial score (nSPS) is 17.9. The third-order valence-electron chi connectivity index (χ3n) is 14.6. The zero-order chi connectivity index (χ0) is 63.0. The minimum atomic E-state index is 0.239. The van der Waals surface area contributed by atoms with Crippen LogP contribution in [-0.2, 0) is 11.2 Å². The lowest BCUT2D eigenvalue weighted by Crippen LogP contribution is -2.41. The number of amides is 1. The first-order valence-electron chi connectivity index (χ1n) is 32.5. The van der Waals surface area contributed by atoms with Crippen molar-refractivity contribution in [3.05, 3.63) is 140 Å². The highest BCUT2D eigenvalue weighted by Crippen LogP contribution is 2.32. The third kappa shape index (κ3) is 41.7. The molecule has 0 bridgehead atoms. The van der Waals surface area contributed by atoms with Crippen molar-refractivity contribution in [2.75, 3.05) is 33.2 Å². The lowest BCUT2D eigenvalue weighted by atomic mass is 9.81. The van der Waals surface area contributed by atoms with Gasteiger partial charge >= 0.3 is 0 Å². The predicted octanol–water partition coefficient (Wildman–Crippen LogP) is 15.9. The Kier molecular flexibility index (Phi) is 42.7. The summed E-state index contributed by atoms with van der Waals surface area (Å²) in [4.78, 5) is 13.9. The first-order chi connectivity index (χ1) is 39.0. The zero-order valence-electron chi connectivity index (χ0n) is 56.9. The minimum Gasteiger partial charge on any atom is -0.386 e. The van der Waals surface area contributed by atoms with E-state index in [4.69, 9.17) is 0 Å². The summed E-state index contributed by atoms with van der Waals surface area (Å²) >= 11 is 0. The summed E-state index contributed by atoms with van der Waals surface area (Å²) < 4.78 is 0. The molecule has 1 atom stereocenters. The number of nitrogens with one attached hydrogen (secondary N) is 8. The van der Waals surface area contributed by atoms with Gasteiger partial charge in [0.1, 0.15) is 0 Å². The number of nitrogens with zero attached hydrogens (tertiary/aromatic N) is 1. The summed E-state index contributed by atoms with van der Waals surface area (Å²) in [5, 5.41) is 26.4. The van der Waals surface area contributed by atoms with E-state index in [0.29, 0.717) is 48.1 Å². The number of carbonyl (C=O) groups excluding carboxylic acids is 1. The first kappa shape index (κ1) is 78.1. The van der Waals surface area contributed by atoms with Gasteiger partial charge in [-0.05, 0) is 210 Å². The molecule has 4 aliphatic rings. The topological polar surface area (TPSA) is 117 Å². The van der Waals surface area contributed by atoms with Crippen molar-refractivity contribution < 1.29 is 4.79 Å². The van der Waals surface area contributed by atoms with Gasteiger partial charge in [-0.3, -0.25) is 4.79 Å². The lowest BCUT2D eigenvalue weighted by Gasteiger charge is -2.29. The second-order valence-corrected chi connectivity index (χ2v) is 26.4. The number of hydrogen-bond acceptors (Lipinski definition) is 9. The van der Waals surface area contributed by atoms with Crippen molar-refractivity contribution in [2.24, 2.45) is 35.5 Å². The van der Waals surface area contributed by atoms with Crippen molar-refractivity contribution in [3.63, 3.8) is 0 Å². The Hall–Kier alpha value is -4.93. The number of piperidine rings is 2. The Labute approximate surface area is 513 Å². The Morgan fingerprint density at radius 2 is 0.892 bits per heavy atom. The van der Waals surface area contributed by atoms with Crippen molar-refractivity contribution in [3.8, 4) is 0 Å². The minimum absolute atomic E-state index is 0.239. The summed E-state index contributed by atoms with van der Waals surface area (Å²) in [6, 6.07) is 23.8. The number of allylic oxidation sites excluding steroid dienone is 4. The summed E-state index contributed by atoms with van der Waals surface area (Å²) in [5.74, 6) is 4.11. The Bertz CT molecular complexity index is 1990. The van der Waals surface area contributed by atoms with E-state index in [1.165, 1.54) is 93.4 Å². The summed E-state index contributed by atoms with van der Waals surface area (Å²) in [7, 11) is 2.11. The molecule has 10 nitrogen and oxygen atoms in total. The van der Waals surface area contributed by atoms with Gasteiger partial charge in [-0.1, -0.05) is 147 Å². The van der Waals surface area contributed by atoms with E-state index in [2.05, 4.69) is 234 Å². The van der Waals surface area contributed by atoms with E-state index in [1.807, 2.05) is 38.1 Å². The Balaban J connectivity index is 0.000000948. The average molecular weight is 1150 g/mol. The Morgan fingerprint density at radius 1 is 0.482 bits per heavy atom. The standard InChI is InChI=1S/C12H23N.C12H17N.C11H15N.C10H20N2O.C10H20N2.C10H19N.C8H17N/c1-9(2)13-11(4)12-7-5-10(3)6-8-12;1-10(2)13-11(3)9-12-7-5-4-6-8-12;1-9(2)12-10(3)11-7-5-4-6-8-11;1-8(2)11-10(13)9-4-6-12(3)7-5-9;1-8(2)12-9(3)10-5-4-6-11-7-10;1-8(2)11-9(3)10-6-4-5-7-10;1-6(2)8(5)9-7(3)4/h9-10,12-13H,4-8H2,1-3H3;4-8,10,13H,3,9H2,1-2H3;4-9,12H,3H2,1-2H3;8-9H,4-7H2,1-3H3,(H,11,13);8,10-12H,3-7H2,1-2H3;8,10-11H,3-7H2,1-2H3;6-7,9H,5H2,1-4H3. The molecule has 0 aromatic heterocycles. The van der Waals surface area contributed by atoms with Gasteiger partial charge in [0, 0.05) is 101 Å². The molecule has 4 fully saturated rings. The molecule has 2 saturated carbocycles. The smallest absolute Gasteiger partial charge is 0.223 e. The summed E-state index contributed by atoms with van der Waals surface area (Å²) in [6.45, 7) is 64.8. The van der Waals surface area contributed by atoms with Crippen LogP contribution < -0.4 is 42.5 Å². The van der Waals surface area contributed by atoms with Gasteiger partial charge in [-0.25, -0.2) is 0 Å². The van der Waals surface area contributed by atoms with Crippen molar-refractivity contribution >= 4 is 11.6 Å². The molecular weight excluding hydrogens is 1020 g/mol. The number of hydrogen-bond donors (Lipinski definition) is 8. The fourth-order valence-electron chi connectivity index (χ4n) is 10.1. The average Bonchev–Trinajstić information content (AvgIpc) is 3.96. The Morgan fingerprint density at radius 3 is 1.29 bits per heavy atom. The van der Waals surface area contributed by atoms with Crippen LogP contribution >= 0.6 is 0 Å². The molecule has 2 saturated heterocycles. The third-order valence-corrected chi connectivity index (χ3v) is 14.6. The second-order valence-electron chi connectivity index (χ2n) is 26.4. The van der Waals surface area contributed by atoms with Gasteiger partial charge in [0.05, 0.1) is 0 Å². The van der Waals surface area contributed by atoms with Gasteiger partial charge < -0.3 is 47.4 Å². The monoisotopic (exact) mass is 1150 g/mol. The second kappa shape index (κ2) is 45.4. The maximum atomic E-state index is 11.6. The summed E-state index contributed by atoms with van der Waals surface area (Å²) in [6.07, 6.45) is 16.4. The van der Waals surface area contributed by atoms with Crippen LogP contribution in [0.5, 0.6) is 0 Å². The van der Waals surface area contributed by atoms with E-state index in [0.717, 1.165) is 79.3 Å². The van der Waals surface area contributed by atoms with Gasteiger partial charge in [-0.2, -0.15) is 0 Å². The van der Waals surface area contributed by atoms with Crippen LogP contribution in [0.4, 0.5) is 0 Å². The van der Waals surface area contributed by atoms with E-state index in [1.54, 1.807) is 0 Å². The molecule has 2 aromatic rings. The highest BCUT2D eigenvalue weighted by Gasteiger charge is 2.24. The van der Waals surface area contributed by atoms with Gasteiger partial charge in [0.15, 0.2) is 0 Å². The molecule has 10 heteroatoms. The largest absolute Gasteiger partial charge is 0.386 e. The molecule has 83 heavy (non-hydrogen) atoms. The maximum Gasteiger partial charge on any atom is 0.223 e. The zero-order valence-corrected chi connectivity index (χ0v) is 56.9. The molecule has 474 valence electrons. The fourth-order valence-corrected chi connectivity index (χ4v) is 10.1. The molecule has 8 N–H and O–H groups in total. The highest BCUT2D eigenvalue weighted by atomic mass is 16.1. The van der Waals surface area contributed by atoms with Crippen LogP contribution in [-0.4, -0.2) is 86.3 Å². The van der Waals surface area contributed by atoms with Crippen LogP contribution in [0.25, 0.3) is 5.70 Å². The molecule has 1 amide bonds. The molecule has 0 radical (unpaired) electrons. The van der Waals surface area contributed by atoms with E-state index < -0.39 is 0 Å². The van der Waals surface area contributed by atoms with Gasteiger partial charge in [0.2, 0.25) is 5.91 Å². The molecule has 0 spiro atoms. The van der Waals surface area contributed by atoms with Crippen LogP contribution in [0.15, 0.2) is 129 Å².